The van der Waals surface area contributed by atoms with Gasteiger partial charge in [0.2, 0.25) is 0 Å². The molecule has 3 nitrogen and oxygen atoms in total. The van der Waals surface area contributed by atoms with Gasteiger partial charge in [0.1, 0.15) is 0 Å². The summed E-state index contributed by atoms with van der Waals surface area (Å²) in [7, 11) is 0. The van der Waals surface area contributed by atoms with E-state index in [-0.39, 0.29) is 11.3 Å². The fraction of sp³-hybridized carbons (Fsp3) is 0.368. The first kappa shape index (κ1) is 14.8. The molecule has 0 unspecified atom stereocenters. The summed E-state index contributed by atoms with van der Waals surface area (Å²) in [5.74, 6) is 0.563. The second kappa shape index (κ2) is 5.56. The Kier molecular flexibility index (Phi) is 3.73. The molecule has 2 aromatic rings. The van der Waals surface area contributed by atoms with E-state index in [1.54, 1.807) is 12.4 Å². The van der Waals surface area contributed by atoms with Crippen molar-refractivity contribution in [1.29, 1.82) is 0 Å². The van der Waals surface area contributed by atoms with Crippen LogP contribution in [0.4, 0.5) is 5.69 Å². The molecule has 22 heavy (non-hydrogen) atoms. The lowest BCUT2D eigenvalue weighted by Crippen LogP contribution is -2.16. The topological polar surface area (TPSA) is 42.0 Å². The number of benzene rings is 1. The Morgan fingerprint density at radius 3 is 2.59 bits per heavy atom. The van der Waals surface area contributed by atoms with Crippen molar-refractivity contribution in [2.45, 2.75) is 44.9 Å². The maximum atomic E-state index is 12.5. The maximum absolute atomic E-state index is 12.5. The van der Waals surface area contributed by atoms with E-state index in [2.05, 4.69) is 37.1 Å². The highest BCUT2D eigenvalue weighted by molar-refractivity contribution is 6.04. The van der Waals surface area contributed by atoms with Crippen LogP contribution in [0.3, 0.4) is 0 Å². The smallest absolute Gasteiger partial charge is 0.255 e. The van der Waals surface area contributed by atoms with Crippen LogP contribution in [-0.4, -0.2) is 10.9 Å². The summed E-state index contributed by atoms with van der Waals surface area (Å²) >= 11 is 0. The van der Waals surface area contributed by atoms with E-state index in [9.17, 15) is 4.79 Å². The molecule has 1 saturated carbocycles. The van der Waals surface area contributed by atoms with E-state index < -0.39 is 0 Å². The van der Waals surface area contributed by atoms with Crippen molar-refractivity contribution in [2.75, 3.05) is 5.32 Å². The summed E-state index contributed by atoms with van der Waals surface area (Å²) in [6.07, 6.45) is 5.82. The SMILES string of the molecule is CC(C)(C)c1cc(C(=O)Nc2cccnc2)cc(C2CC2)c1. The van der Waals surface area contributed by atoms with Gasteiger partial charge < -0.3 is 5.32 Å². The number of rotatable bonds is 3. The van der Waals surface area contributed by atoms with Gasteiger partial charge in [0, 0.05) is 11.8 Å². The first-order valence-electron chi connectivity index (χ1n) is 7.80. The Morgan fingerprint density at radius 2 is 2.00 bits per heavy atom. The second-order valence-electron chi connectivity index (χ2n) is 7.06. The first-order chi connectivity index (χ1) is 10.4. The number of aromatic nitrogens is 1. The number of hydrogen-bond acceptors (Lipinski definition) is 2. The van der Waals surface area contributed by atoms with Crippen LogP contribution in [-0.2, 0) is 5.41 Å². The minimum atomic E-state index is -0.0685. The Labute approximate surface area is 131 Å². The van der Waals surface area contributed by atoms with Crippen LogP contribution >= 0.6 is 0 Å². The lowest BCUT2D eigenvalue weighted by molar-refractivity contribution is 0.102. The zero-order valence-corrected chi connectivity index (χ0v) is 13.4. The van der Waals surface area contributed by atoms with E-state index in [0.29, 0.717) is 5.92 Å². The predicted molar refractivity (Wildman–Crippen MR) is 89.3 cm³/mol. The molecule has 1 fully saturated rings. The van der Waals surface area contributed by atoms with Crippen molar-refractivity contribution < 1.29 is 4.79 Å². The molecule has 114 valence electrons. The molecule has 3 rings (SSSR count). The van der Waals surface area contributed by atoms with E-state index in [4.69, 9.17) is 0 Å². The highest BCUT2D eigenvalue weighted by atomic mass is 16.1. The van der Waals surface area contributed by atoms with E-state index in [1.807, 2.05) is 24.3 Å². The molecule has 3 heteroatoms. The third kappa shape index (κ3) is 3.35. The monoisotopic (exact) mass is 294 g/mol. The summed E-state index contributed by atoms with van der Waals surface area (Å²) < 4.78 is 0. The Morgan fingerprint density at radius 1 is 1.23 bits per heavy atom. The van der Waals surface area contributed by atoms with Crippen molar-refractivity contribution in [1.82, 2.24) is 4.98 Å². The van der Waals surface area contributed by atoms with Gasteiger partial charge in [-0.1, -0.05) is 26.8 Å². The molecular formula is C19H22N2O. The number of carbonyl (C=O) groups is 1. The molecule has 1 aliphatic carbocycles. The summed E-state index contributed by atoms with van der Waals surface area (Å²) in [5, 5.41) is 2.92. The van der Waals surface area contributed by atoms with Gasteiger partial charge in [0.25, 0.3) is 5.91 Å². The van der Waals surface area contributed by atoms with Crippen LogP contribution < -0.4 is 5.32 Å². The number of amides is 1. The third-order valence-corrected chi connectivity index (χ3v) is 4.05. The fourth-order valence-corrected chi connectivity index (χ4v) is 2.51. The molecule has 1 heterocycles. The van der Waals surface area contributed by atoms with Crippen molar-refractivity contribution in [3.63, 3.8) is 0 Å². The molecule has 1 aliphatic rings. The molecule has 0 aliphatic heterocycles. The Hall–Kier alpha value is -2.16. The highest BCUT2D eigenvalue weighted by Gasteiger charge is 2.26. The second-order valence-corrected chi connectivity index (χ2v) is 7.06. The van der Waals surface area contributed by atoms with Crippen molar-refractivity contribution in [2.24, 2.45) is 0 Å². The number of carbonyl (C=O) groups excluding carboxylic acids is 1. The average Bonchev–Trinajstić information content (AvgIpc) is 3.31. The predicted octanol–water partition coefficient (Wildman–Crippen LogP) is 4.51. The average molecular weight is 294 g/mol. The van der Waals surface area contributed by atoms with Crippen LogP contribution in [0.15, 0.2) is 42.7 Å². The minimum absolute atomic E-state index is 0.0359. The van der Waals surface area contributed by atoms with Crippen LogP contribution in [0.1, 0.15) is 61.0 Å². The van der Waals surface area contributed by atoms with Gasteiger partial charge in [-0.15, -0.1) is 0 Å². The van der Waals surface area contributed by atoms with E-state index in [0.717, 1.165) is 11.3 Å². The van der Waals surface area contributed by atoms with Crippen LogP contribution in [0.25, 0.3) is 0 Å². The quantitative estimate of drug-likeness (QED) is 0.905. The molecule has 0 saturated heterocycles. The maximum Gasteiger partial charge on any atom is 0.255 e. The van der Waals surface area contributed by atoms with Crippen molar-refractivity contribution in [3.8, 4) is 0 Å². The molecule has 1 aromatic heterocycles. The standard InChI is InChI=1S/C19H22N2O/c1-19(2,3)16-10-14(13-6-7-13)9-15(11-16)18(22)21-17-5-4-8-20-12-17/h4-5,8-13H,6-7H2,1-3H3,(H,21,22). The van der Waals surface area contributed by atoms with Gasteiger partial charge in [-0.3, -0.25) is 9.78 Å². The van der Waals surface area contributed by atoms with Gasteiger partial charge >= 0.3 is 0 Å². The molecule has 1 aromatic carbocycles. The van der Waals surface area contributed by atoms with Crippen molar-refractivity contribution in [3.05, 3.63) is 59.4 Å². The number of anilines is 1. The van der Waals surface area contributed by atoms with Gasteiger partial charge in [-0.05, 0) is 59.6 Å². The van der Waals surface area contributed by atoms with E-state index >= 15 is 0 Å². The number of pyridine rings is 1. The molecular weight excluding hydrogens is 272 g/mol. The molecule has 1 N–H and O–H groups in total. The molecule has 1 amide bonds. The third-order valence-electron chi connectivity index (χ3n) is 4.05. The Balaban J connectivity index is 1.91. The van der Waals surface area contributed by atoms with Gasteiger partial charge in [-0.25, -0.2) is 0 Å². The Bertz CT molecular complexity index is 682. The van der Waals surface area contributed by atoms with Crippen LogP contribution in [0.5, 0.6) is 0 Å². The summed E-state index contributed by atoms with van der Waals surface area (Å²) in [6.45, 7) is 6.55. The number of nitrogens with zero attached hydrogens (tertiary/aromatic N) is 1. The first-order valence-corrected chi connectivity index (χ1v) is 7.80. The molecule has 0 bridgehead atoms. The molecule has 0 spiro atoms. The van der Waals surface area contributed by atoms with Gasteiger partial charge in [0.05, 0.1) is 11.9 Å². The van der Waals surface area contributed by atoms with Gasteiger partial charge in [0.15, 0.2) is 0 Å². The largest absolute Gasteiger partial charge is 0.321 e. The van der Waals surface area contributed by atoms with Crippen molar-refractivity contribution >= 4 is 11.6 Å². The van der Waals surface area contributed by atoms with E-state index in [1.165, 1.54) is 24.0 Å². The normalized spacial score (nSPS) is 14.7. The summed E-state index contributed by atoms with van der Waals surface area (Å²) in [6, 6.07) is 9.98. The fourth-order valence-electron chi connectivity index (χ4n) is 2.51. The van der Waals surface area contributed by atoms with Gasteiger partial charge in [-0.2, -0.15) is 0 Å². The van der Waals surface area contributed by atoms with Crippen LogP contribution in [0, 0.1) is 0 Å². The summed E-state index contributed by atoms with van der Waals surface area (Å²) in [5.41, 5.74) is 4.01. The number of hydrogen-bond donors (Lipinski definition) is 1. The minimum Gasteiger partial charge on any atom is -0.321 e. The lowest BCUT2D eigenvalue weighted by atomic mass is 9.84. The number of nitrogens with one attached hydrogen (secondary N) is 1. The highest BCUT2D eigenvalue weighted by Crippen LogP contribution is 2.41. The lowest BCUT2D eigenvalue weighted by Gasteiger charge is -2.21. The van der Waals surface area contributed by atoms with Crippen LogP contribution in [0.2, 0.25) is 0 Å². The zero-order valence-electron chi connectivity index (χ0n) is 13.4. The zero-order chi connectivity index (χ0) is 15.7. The molecule has 0 atom stereocenters. The molecule has 0 radical (unpaired) electrons. The summed E-state index contributed by atoms with van der Waals surface area (Å²) in [4.78, 5) is 16.6.